The summed E-state index contributed by atoms with van der Waals surface area (Å²) in [4.78, 5) is 4.55. The first-order valence-electron chi connectivity index (χ1n) is 6.27. The summed E-state index contributed by atoms with van der Waals surface area (Å²) in [7, 11) is 3.21. The summed E-state index contributed by atoms with van der Waals surface area (Å²) in [5.41, 5.74) is 7.82. The number of benzene rings is 1. The minimum atomic E-state index is 0.647. The molecule has 0 saturated heterocycles. The molecule has 0 amide bonds. The predicted molar refractivity (Wildman–Crippen MR) is 83.3 cm³/mol. The van der Waals surface area contributed by atoms with Crippen LogP contribution in [-0.4, -0.2) is 23.8 Å². The van der Waals surface area contributed by atoms with E-state index in [1.165, 1.54) is 0 Å². The van der Waals surface area contributed by atoms with Crippen molar-refractivity contribution in [2.75, 3.05) is 20.0 Å². The molecule has 2 aromatic rings. The van der Waals surface area contributed by atoms with Crippen LogP contribution in [-0.2, 0) is 6.54 Å². The maximum Gasteiger partial charge on any atom is 0.161 e. The number of aromatic nitrogens is 2. The zero-order valence-corrected chi connectivity index (χ0v) is 13.6. The van der Waals surface area contributed by atoms with Crippen molar-refractivity contribution >= 4 is 21.7 Å². The summed E-state index contributed by atoms with van der Waals surface area (Å²) in [6.07, 6.45) is 0. The number of methoxy groups -OCH3 is 2. The molecule has 108 valence electrons. The van der Waals surface area contributed by atoms with Gasteiger partial charge in [0.15, 0.2) is 11.5 Å². The molecule has 20 heavy (non-hydrogen) atoms. The number of halogens is 1. The Morgan fingerprint density at radius 2 is 1.85 bits per heavy atom. The summed E-state index contributed by atoms with van der Waals surface area (Å²) >= 11 is 3.54. The van der Waals surface area contributed by atoms with Gasteiger partial charge in [-0.1, -0.05) is 0 Å². The molecule has 2 rings (SSSR count). The van der Waals surface area contributed by atoms with Gasteiger partial charge in [-0.05, 0) is 41.9 Å². The molecule has 2 N–H and O–H groups in total. The molecule has 1 heterocycles. The Morgan fingerprint density at radius 1 is 1.25 bits per heavy atom. The van der Waals surface area contributed by atoms with Gasteiger partial charge in [0, 0.05) is 16.6 Å². The normalized spacial score (nSPS) is 10.7. The van der Waals surface area contributed by atoms with Gasteiger partial charge in [0.25, 0.3) is 0 Å². The van der Waals surface area contributed by atoms with Crippen molar-refractivity contribution < 1.29 is 9.47 Å². The lowest BCUT2D eigenvalue weighted by Gasteiger charge is -2.11. The molecule has 0 fully saturated rings. The van der Waals surface area contributed by atoms with E-state index in [1.54, 1.807) is 14.2 Å². The number of aryl methyl sites for hydroxylation is 1. The SMILES string of the molecule is CCn1c(C)nc(-c2cc(OC)c(OC)cc2Br)c1N. The Bertz CT molecular complexity index is 638. The smallest absolute Gasteiger partial charge is 0.161 e. The van der Waals surface area contributed by atoms with Crippen LogP contribution < -0.4 is 15.2 Å². The lowest BCUT2D eigenvalue weighted by atomic mass is 10.1. The van der Waals surface area contributed by atoms with E-state index >= 15 is 0 Å². The highest BCUT2D eigenvalue weighted by molar-refractivity contribution is 9.10. The highest BCUT2D eigenvalue weighted by Gasteiger charge is 2.18. The molecule has 0 spiro atoms. The van der Waals surface area contributed by atoms with Crippen LogP contribution in [0.1, 0.15) is 12.7 Å². The lowest BCUT2D eigenvalue weighted by Crippen LogP contribution is -2.02. The first-order valence-corrected chi connectivity index (χ1v) is 7.07. The standard InChI is InChI=1S/C14H18BrN3O2/c1-5-18-8(2)17-13(14(18)16)9-6-11(19-3)12(20-4)7-10(9)15/h6-7H,5,16H2,1-4H3. The fraction of sp³-hybridized carbons (Fsp3) is 0.357. The summed E-state index contributed by atoms with van der Waals surface area (Å²) < 4.78 is 13.4. The van der Waals surface area contributed by atoms with E-state index in [1.807, 2.05) is 30.5 Å². The van der Waals surface area contributed by atoms with Crippen LogP contribution >= 0.6 is 15.9 Å². The third-order valence-electron chi connectivity index (χ3n) is 3.24. The Labute approximate surface area is 126 Å². The largest absolute Gasteiger partial charge is 0.493 e. The van der Waals surface area contributed by atoms with Gasteiger partial charge in [-0.25, -0.2) is 4.98 Å². The minimum Gasteiger partial charge on any atom is -0.493 e. The molecule has 0 saturated carbocycles. The van der Waals surface area contributed by atoms with E-state index in [-0.39, 0.29) is 0 Å². The average Bonchev–Trinajstić information content (AvgIpc) is 2.72. The number of rotatable bonds is 4. The second-order valence-electron chi connectivity index (χ2n) is 4.32. The van der Waals surface area contributed by atoms with E-state index in [4.69, 9.17) is 15.2 Å². The molecule has 0 atom stereocenters. The molecule has 0 unspecified atom stereocenters. The molecule has 0 aliphatic heterocycles. The van der Waals surface area contributed by atoms with Gasteiger partial charge in [-0.15, -0.1) is 0 Å². The zero-order valence-electron chi connectivity index (χ0n) is 12.0. The Balaban J connectivity index is 2.64. The molecule has 0 radical (unpaired) electrons. The minimum absolute atomic E-state index is 0.647. The molecular formula is C14H18BrN3O2. The van der Waals surface area contributed by atoms with Gasteiger partial charge < -0.3 is 19.8 Å². The van der Waals surface area contributed by atoms with E-state index in [0.29, 0.717) is 17.3 Å². The molecule has 6 heteroatoms. The van der Waals surface area contributed by atoms with Crippen molar-refractivity contribution in [1.29, 1.82) is 0 Å². The quantitative estimate of drug-likeness (QED) is 0.928. The van der Waals surface area contributed by atoms with Crippen LogP contribution in [0.5, 0.6) is 11.5 Å². The van der Waals surface area contributed by atoms with Crippen molar-refractivity contribution in [1.82, 2.24) is 9.55 Å². The number of nitrogens with two attached hydrogens (primary N) is 1. The number of hydrogen-bond acceptors (Lipinski definition) is 4. The van der Waals surface area contributed by atoms with Crippen LogP contribution in [0.4, 0.5) is 5.82 Å². The average molecular weight is 340 g/mol. The second-order valence-corrected chi connectivity index (χ2v) is 5.18. The first kappa shape index (κ1) is 14.7. The van der Waals surface area contributed by atoms with Crippen LogP contribution in [0, 0.1) is 6.92 Å². The number of hydrogen-bond donors (Lipinski definition) is 1. The zero-order chi connectivity index (χ0) is 14.9. The van der Waals surface area contributed by atoms with Crippen LogP contribution in [0.3, 0.4) is 0 Å². The van der Waals surface area contributed by atoms with Crippen molar-refractivity contribution in [3.05, 3.63) is 22.4 Å². The van der Waals surface area contributed by atoms with Gasteiger partial charge in [0.05, 0.1) is 14.2 Å². The number of nitrogens with zero attached hydrogens (tertiary/aromatic N) is 2. The summed E-state index contributed by atoms with van der Waals surface area (Å²) in [6, 6.07) is 3.73. The number of ether oxygens (including phenoxy) is 2. The van der Waals surface area contributed by atoms with Crippen molar-refractivity contribution in [3.8, 4) is 22.8 Å². The molecule has 0 bridgehead atoms. The fourth-order valence-electron chi connectivity index (χ4n) is 2.21. The van der Waals surface area contributed by atoms with Crippen molar-refractivity contribution in [2.24, 2.45) is 0 Å². The summed E-state index contributed by atoms with van der Waals surface area (Å²) in [6.45, 7) is 4.77. The van der Waals surface area contributed by atoms with Gasteiger partial charge >= 0.3 is 0 Å². The maximum atomic E-state index is 6.19. The monoisotopic (exact) mass is 339 g/mol. The predicted octanol–water partition coefficient (Wildman–Crippen LogP) is 3.24. The number of anilines is 1. The molecule has 5 nitrogen and oxygen atoms in total. The highest BCUT2D eigenvalue weighted by atomic mass is 79.9. The van der Waals surface area contributed by atoms with Crippen LogP contribution in [0.25, 0.3) is 11.3 Å². The van der Waals surface area contributed by atoms with E-state index in [2.05, 4.69) is 20.9 Å². The van der Waals surface area contributed by atoms with Crippen molar-refractivity contribution in [3.63, 3.8) is 0 Å². The summed E-state index contributed by atoms with van der Waals surface area (Å²) in [5.74, 6) is 2.85. The molecule has 1 aromatic carbocycles. The topological polar surface area (TPSA) is 62.3 Å². The Kier molecular flexibility index (Phi) is 4.23. The lowest BCUT2D eigenvalue weighted by molar-refractivity contribution is 0.355. The van der Waals surface area contributed by atoms with Crippen LogP contribution in [0.2, 0.25) is 0 Å². The Morgan fingerprint density at radius 3 is 2.35 bits per heavy atom. The van der Waals surface area contributed by atoms with Gasteiger partial charge in [0.1, 0.15) is 17.3 Å². The van der Waals surface area contributed by atoms with Crippen LogP contribution in [0.15, 0.2) is 16.6 Å². The van der Waals surface area contributed by atoms with Gasteiger partial charge in [0.2, 0.25) is 0 Å². The van der Waals surface area contributed by atoms with Gasteiger partial charge in [-0.3, -0.25) is 0 Å². The maximum absolute atomic E-state index is 6.19. The van der Waals surface area contributed by atoms with E-state index < -0.39 is 0 Å². The molecule has 0 aliphatic rings. The molecule has 1 aromatic heterocycles. The van der Waals surface area contributed by atoms with E-state index in [9.17, 15) is 0 Å². The molecular weight excluding hydrogens is 322 g/mol. The third kappa shape index (κ3) is 2.35. The number of nitrogen functional groups attached to an aromatic ring is 1. The Hall–Kier alpha value is -1.69. The first-order chi connectivity index (χ1) is 9.53. The molecule has 0 aliphatic carbocycles. The summed E-state index contributed by atoms with van der Waals surface area (Å²) in [5, 5.41) is 0. The third-order valence-corrected chi connectivity index (χ3v) is 3.90. The van der Waals surface area contributed by atoms with Gasteiger partial charge in [-0.2, -0.15) is 0 Å². The number of imidazole rings is 1. The van der Waals surface area contributed by atoms with E-state index in [0.717, 1.165) is 28.1 Å². The highest BCUT2D eigenvalue weighted by Crippen LogP contribution is 2.40. The fourth-order valence-corrected chi connectivity index (χ4v) is 2.72. The second kappa shape index (κ2) is 5.75. The van der Waals surface area contributed by atoms with Crippen molar-refractivity contribution in [2.45, 2.75) is 20.4 Å².